The molecule has 0 spiro atoms. The normalized spacial score (nSPS) is 9.84. The van der Waals surface area contributed by atoms with Gasteiger partial charge in [0.15, 0.2) is 0 Å². The van der Waals surface area contributed by atoms with Crippen LogP contribution in [0.2, 0.25) is 0 Å². The first-order chi connectivity index (χ1) is 50.5. The first-order valence-electron chi connectivity index (χ1n) is 36.7. The average Bonchev–Trinajstić information content (AvgIpc) is 0.704. The number of rotatable bonds is 54. The lowest BCUT2D eigenvalue weighted by molar-refractivity contribution is 3.12. The third-order valence-electron chi connectivity index (χ3n) is 23.8. The van der Waals surface area contributed by atoms with Crippen molar-refractivity contribution < 1.29 is 0 Å². The third-order valence-corrected chi connectivity index (χ3v) is 23.8. The Morgan fingerprint density at radius 3 is 0.189 bits per heavy atom. The van der Waals surface area contributed by atoms with E-state index in [1.54, 1.807) is 0 Å². The van der Waals surface area contributed by atoms with Gasteiger partial charge < -0.3 is 0 Å². The van der Waals surface area contributed by atoms with Crippen LogP contribution in [0.4, 0.5) is 0 Å². The maximum absolute atomic E-state index is 7.53. The zero-order chi connectivity index (χ0) is 87.9. The van der Waals surface area contributed by atoms with E-state index in [1.807, 2.05) is 0 Å². The molecule has 0 saturated carbocycles. The van der Waals surface area contributed by atoms with Crippen LogP contribution in [-0.4, -0.2) is 785 Å². The molecule has 0 rings (SSSR count). The zero-order valence-corrected chi connectivity index (χ0v) is 64.1. The molecule has 0 heterocycles. The van der Waals surface area contributed by atoms with Gasteiger partial charge in [-0.15, -0.1) is 0 Å². The summed E-state index contributed by atoms with van der Waals surface area (Å²) in [5, 5.41) is 0. The molecule has 0 aliphatic rings. The van der Waals surface area contributed by atoms with Crippen molar-refractivity contribution in [3.05, 3.63) is 0 Å². The van der Waals surface area contributed by atoms with Gasteiger partial charge in [-0.3, -0.25) is 0 Å². The van der Waals surface area contributed by atoms with E-state index in [-0.39, 0.29) is 0 Å². The van der Waals surface area contributed by atoms with Gasteiger partial charge in [0.1, 0.15) is 0 Å². The second kappa shape index (κ2) is 54.6. The van der Waals surface area contributed by atoms with Crippen molar-refractivity contribution in [1.82, 2.24) is 0 Å². The molecule has 0 aliphatic heterocycles. The lowest BCUT2D eigenvalue weighted by atomic mass is 8.17. The molecular formula is B111. The fraction of sp³-hybridized carbons (Fsp3) is 0. The van der Waals surface area contributed by atoms with Gasteiger partial charge in [-0.1, -0.05) is 0 Å². The minimum atomic E-state index is -2.50. The SMILES string of the molecule is [B][B]B([B])B(B([B])[B])B(B(B([B])[B])B([B])[B])B(B(B(B(B([B])[B])B([B])[B])B(B([B])[B])B([B])[B])B(B(B([B])[B])B([B])[B])B(B([B])[B])B([B])[B])B(B(B(B(B([B])[B])B([B])[B])B(B([B])[B])B([B])[B])B(B(B([B])[B])B([B])[B])B(B([B])[B])B([B])[B])B(B(B(B([B])[B])B([B])[B])B(B([B])[B])B([B])[B])B(B(B([B])[B])B([B])[B])B(B([B])[B])B([B])[B]. The molecule has 0 aromatic rings. The molecule has 0 fully saturated rings. The van der Waals surface area contributed by atoms with E-state index in [1.165, 1.54) is 0 Å². The van der Waals surface area contributed by atoms with Gasteiger partial charge in [0, 0.05) is 785 Å². The zero-order valence-electron chi connectivity index (χ0n) is 64.1. The number of hydrogen-bond donors (Lipinski definition) is 0. The lowest BCUT2D eigenvalue weighted by Gasteiger charge is -2.64. The molecule has 0 atom stereocenters. The highest BCUT2D eigenvalue weighted by molar-refractivity contribution is 8.45. The summed E-state index contributed by atoms with van der Waals surface area (Å²) >= 11 is 0. The highest BCUT2D eigenvalue weighted by Crippen LogP contribution is 2.32. The monoisotopic (exact) mass is 1220 g/mol. The van der Waals surface area contributed by atoms with Crippen LogP contribution in [0.3, 0.4) is 0 Å². The molecule has 111 heavy (non-hydrogen) atoms. The largest absolute Gasteiger partial charge is 0 e. The fourth-order valence-corrected chi connectivity index (χ4v) is 20.1. The molecular weight excluding hydrogens is 1200 g/mol. The van der Waals surface area contributed by atoms with Gasteiger partial charge in [-0.25, -0.2) is 0 Å². The lowest BCUT2D eigenvalue weighted by Crippen LogP contribution is -3.02. The first-order valence-corrected chi connectivity index (χ1v) is 36.7. The van der Waals surface area contributed by atoms with E-state index in [0.29, 0.717) is 0 Å². The van der Waals surface area contributed by atoms with Gasteiger partial charge in [0.2, 0.25) is 0 Å². The summed E-state index contributed by atoms with van der Waals surface area (Å²) in [6.07, 6.45) is -108. The summed E-state index contributed by atoms with van der Waals surface area (Å²) in [4.78, 5) is 0. The number of hydrogen-bond acceptors (Lipinski definition) is 0. The van der Waals surface area contributed by atoms with Crippen LogP contribution in [0, 0.1) is 0 Å². The highest BCUT2D eigenvalue weighted by Gasteiger charge is 2.70. The van der Waals surface area contributed by atoms with Crippen molar-refractivity contribution in [2.45, 2.75) is 0 Å². The predicted octanol–water partition coefficient (Wildman–Crippen LogP) is -42.3. The Morgan fingerprint density at radius 2 is 0.135 bits per heavy atom. The van der Waals surface area contributed by atoms with Crippen LogP contribution < -0.4 is 0 Å². The maximum atomic E-state index is 7.53. The summed E-state index contributed by atoms with van der Waals surface area (Å²) < 4.78 is 0. The van der Waals surface area contributed by atoms with E-state index in [4.69, 9.17) is 433 Å². The maximum Gasteiger partial charge on any atom is 0 e. The molecule has 333 valence electrons. The van der Waals surface area contributed by atoms with Crippen LogP contribution in [0.5, 0.6) is 0 Å². The molecule has 0 saturated heterocycles. The molecule has 113 radical (unpaired) electrons. The van der Waals surface area contributed by atoms with Gasteiger partial charge >= 0.3 is 0 Å². The van der Waals surface area contributed by atoms with Crippen molar-refractivity contribution in [2.75, 3.05) is 0 Å². The van der Waals surface area contributed by atoms with Crippen LogP contribution in [0.1, 0.15) is 0 Å². The summed E-state index contributed by atoms with van der Waals surface area (Å²) in [5.41, 5.74) is 0. The summed E-state index contributed by atoms with van der Waals surface area (Å²) in [5.74, 6) is 0. The molecule has 0 aromatic carbocycles. The van der Waals surface area contributed by atoms with E-state index in [0.717, 1.165) is 7.06 Å². The van der Waals surface area contributed by atoms with Crippen molar-refractivity contribution >= 4 is 785 Å². The molecule has 0 amide bonds. The minimum Gasteiger partial charge on any atom is 0 e. The molecule has 0 unspecified atom stereocenters. The molecule has 0 aliphatic carbocycles. The molecule has 0 bridgehead atoms. The summed E-state index contributed by atoms with van der Waals surface area (Å²) in [6, 6.07) is 0. The molecule has 0 N–H and O–H groups in total. The van der Waals surface area contributed by atoms with Gasteiger partial charge in [0.05, 0.1) is 0 Å². The van der Waals surface area contributed by atoms with Crippen LogP contribution >= 0.6 is 0 Å². The summed E-state index contributed by atoms with van der Waals surface area (Å²) in [6.45, 7) is 0. The minimum absolute atomic E-state index is 0.933. The van der Waals surface area contributed by atoms with Crippen molar-refractivity contribution in [2.24, 2.45) is 0 Å². The van der Waals surface area contributed by atoms with Crippen molar-refractivity contribution in [3.8, 4) is 0 Å². The van der Waals surface area contributed by atoms with Crippen molar-refractivity contribution in [1.29, 1.82) is 0 Å². The van der Waals surface area contributed by atoms with E-state index < -0.39 is 345 Å². The second-order valence-corrected chi connectivity index (χ2v) is 31.4. The Balaban J connectivity index is 15.7. The van der Waals surface area contributed by atoms with E-state index in [9.17, 15) is 0 Å². The van der Waals surface area contributed by atoms with E-state index in [2.05, 4.69) is 0 Å². The Kier molecular flexibility index (Phi) is 58.2. The highest BCUT2D eigenvalue weighted by atomic mass is 13.5. The van der Waals surface area contributed by atoms with Crippen molar-refractivity contribution in [3.63, 3.8) is 0 Å². The second-order valence-electron chi connectivity index (χ2n) is 31.4. The average molecular weight is 1200 g/mol. The smallest absolute Gasteiger partial charge is 0 e. The quantitative estimate of drug-likeness (QED) is 0.0533. The fourth-order valence-electron chi connectivity index (χ4n) is 20.1. The van der Waals surface area contributed by atoms with Gasteiger partial charge in [-0.2, -0.15) is 0 Å². The molecule has 0 aromatic heterocycles. The van der Waals surface area contributed by atoms with Crippen LogP contribution in [0.15, 0.2) is 0 Å². The van der Waals surface area contributed by atoms with Gasteiger partial charge in [0.25, 0.3) is 0 Å². The first kappa shape index (κ1) is 118. The molecule has 111 heteroatoms. The standard InChI is InChI=1S/B111/c1-57-85(56)99(84(54)55)106(98(82(50)51)83(52)53)110(107(100(86(58(2)3)59(4)5)87(60(6)7)61(8)9)101(88(62(10)11)63(12)13)89(64(14)15)65(16)17)111(108(102(90(66(18)19)67(20)21)91(68(22)23)69(24)25)103(92(70(26)27)71(28)29)93(72(30)31)73(32)33)109(104(94(74(34)35)75(36)37)95(76(38)39)77(40)41)105(96(78(42)43)79(44)45)97(80(46)47)81(48)49. The Morgan fingerprint density at radius 1 is 0.0811 bits per heavy atom. The molecule has 0 nitrogen and oxygen atoms in total. The Hall–Kier alpha value is 7.21. The summed E-state index contributed by atoms with van der Waals surface area (Å²) in [7, 11) is 406. The van der Waals surface area contributed by atoms with Gasteiger partial charge in [-0.05, 0) is 0 Å². The van der Waals surface area contributed by atoms with E-state index >= 15 is 0 Å². The predicted molar refractivity (Wildman–Crippen MR) is 639 cm³/mol. The van der Waals surface area contributed by atoms with Crippen LogP contribution in [-0.2, 0) is 0 Å². The Labute approximate surface area is 776 Å². The Bertz CT molecular complexity index is 1890. The van der Waals surface area contributed by atoms with Crippen LogP contribution in [0.25, 0.3) is 0 Å². The topological polar surface area (TPSA) is 0 Å². The third kappa shape index (κ3) is 31.8.